The van der Waals surface area contributed by atoms with E-state index in [1.807, 2.05) is 0 Å². The molecule has 6 heteroatoms. The van der Waals surface area contributed by atoms with E-state index in [0.29, 0.717) is 0 Å². The third-order valence-electron chi connectivity index (χ3n) is 0.200. The zero-order valence-electron chi connectivity index (χ0n) is 7.25. The molecule has 4 N–H and O–H groups in total. The second kappa shape index (κ2) is 32.8. The number of nitrogens with zero attached hydrogens (tertiary/aromatic N) is 2. The van der Waals surface area contributed by atoms with E-state index in [0.717, 1.165) is 12.4 Å². The Kier molecular flexibility index (Phi) is 46.7. The first-order chi connectivity index (χ1) is 5.74. The molecule has 0 heterocycles. The lowest BCUT2D eigenvalue weighted by atomic mass is 10.8. The van der Waals surface area contributed by atoms with Crippen molar-refractivity contribution >= 4 is 12.4 Å². The van der Waals surface area contributed by atoms with Crippen LogP contribution in [0.2, 0.25) is 0 Å². The quantitative estimate of drug-likeness (QED) is 0.257. The zero-order chi connectivity index (χ0) is 10.2. The fourth-order valence-corrected chi connectivity index (χ4v) is 0.0596. The number of aliphatic hydroxyl groups excluding tert-OH is 2. The summed E-state index contributed by atoms with van der Waals surface area (Å²) in [5.74, 6) is 0. The summed E-state index contributed by atoms with van der Waals surface area (Å²) in [6.07, 6.45) is 1.89. The van der Waals surface area contributed by atoms with Crippen molar-refractivity contribution in [2.24, 2.45) is 10.3 Å². The molecule has 0 rings (SSSR count). The number of rotatable bonds is 1. The van der Waals surface area contributed by atoms with Gasteiger partial charge in [0.2, 0.25) is 0 Å². The fourth-order valence-electron chi connectivity index (χ4n) is 0.0596. The SMILES string of the molecule is CCO.CCO.ON=CC=NO. The normalized spacial score (nSPS) is 8.67. The molecule has 0 unspecified atom stereocenters. The minimum absolute atomic E-state index is 0.250. The highest BCUT2D eigenvalue weighted by Crippen LogP contribution is 1.45. The topological polar surface area (TPSA) is 106 Å². The standard InChI is InChI=1S/C2H4N2O2.2C2H6O/c5-3-1-2-4-6;2*1-2-3/h1-2,5-6H;2*3H,2H2,1H3. The molecule has 12 heavy (non-hydrogen) atoms. The summed E-state index contributed by atoms with van der Waals surface area (Å²) in [6.45, 7) is 3.86. The molecule has 0 saturated carbocycles. The number of hydrogen-bond donors (Lipinski definition) is 4. The molecular weight excluding hydrogens is 164 g/mol. The molecule has 0 aliphatic carbocycles. The maximum absolute atomic E-state index is 7.57. The number of aliphatic hydroxyl groups is 2. The first kappa shape index (κ1) is 17.1. The molecule has 0 aliphatic rings. The van der Waals surface area contributed by atoms with Gasteiger partial charge in [-0.15, -0.1) is 0 Å². The van der Waals surface area contributed by atoms with Crippen molar-refractivity contribution in [1.82, 2.24) is 0 Å². The van der Waals surface area contributed by atoms with Gasteiger partial charge in [0, 0.05) is 13.2 Å². The highest BCUT2D eigenvalue weighted by molar-refractivity contribution is 6.15. The molecule has 0 spiro atoms. The lowest BCUT2D eigenvalue weighted by Crippen LogP contribution is -1.70. The Morgan fingerprint density at radius 3 is 1.17 bits per heavy atom. The molecule has 0 fully saturated rings. The van der Waals surface area contributed by atoms with Crippen LogP contribution in [-0.4, -0.2) is 46.3 Å². The van der Waals surface area contributed by atoms with Crippen molar-refractivity contribution in [3.63, 3.8) is 0 Å². The summed E-state index contributed by atoms with van der Waals surface area (Å²) < 4.78 is 0. The molecule has 0 aromatic rings. The Bertz CT molecular complexity index is 83.5. The van der Waals surface area contributed by atoms with Gasteiger partial charge < -0.3 is 20.6 Å². The van der Waals surface area contributed by atoms with Crippen LogP contribution >= 0.6 is 0 Å². The van der Waals surface area contributed by atoms with Crippen molar-refractivity contribution in [1.29, 1.82) is 0 Å². The third-order valence-corrected chi connectivity index (χ3v) is 0.200. The van der Waals surface area contributed by atoms with Gasteiger partial charge in [0.1, 0.15) is 0 Å². The van der Waals surface area contributed by atoms with Gasteiger partial charge >= 0.3 is 0 Å². The van der Waals surface area contributed by atoms with Crippen LogP contribution in [0.1, 0.15) is 13.8 Å². The van der Waals surface area contributed by atoms with Gasteiger partial charge in [0.15, 0.2) is 0 Å². The lowest BCUT2D eigenvalue weighted by Gasteiger charge is -1.62. The zero-order valence-corrected chi connectivity index (χ0v) is 7.25. The van der Waals surface area contributed by atoms with E-state index >= 15 is 0 Å². The Labute approximate surface area is 71.5 Å². The van der Waals surface area contributed by atoms with Gasteiger partial charge in [-0.2, -0.15) is 0 Å². The summed E-state index contributed by atoms with van der Waals surface area (Å²) >= 11 is 0. The monoisotopic (exact) mass is 180 g/mol. The van der Waals surface area contributed by atoms with Crippen LogP contribution in [0.25, 0.3) is 0 Å². The van der Waals surface area contributed by atoms with E-state index in [4.69, 9.17) is 20.6 Å². The van der Waals surface area contributed by atoms with Crippen molar-refractivity contribution in [3.05, 3.63) is 0 Å². The average Bonchev–Trinajstić information content (AvgIpc) is 2.04. The number of oxime groups is 2. The van der Waals surface area contributed by atoms with Crippen LogP contribution in [0.15, 0.2) is 10.3 Å². The smallest absolute Gasteiger partial charge is 0.0877 e. The molecule has 0 bridgehead atoms. The molecule has 0 radical (unpaired) electrons. The maximum atomic E-state index is 7.57. The van der Waals surface area contributed by atoms with Crippen molar-refractivity contribution < 1.29 is 20.6 Å². The van der Waals surface area contributed by atoms with Gasteiger partial charge in [0.05, 0.1) is 12.4 Å². The Morgan fingerprint density at radius 1 is 0.917 bits per heavy atom. The van der Waals surface area contributed by atoms with Gasteiger partial charge in [0.25, 0.3) is 0 Å². The summed E-state index contributed by atoms with van der Waals surface area (Å²) in [4.78, 5) is 0. The van der Waals surface area contributed by atoms with E-state index in [1.165, 1.54) is 0 Å². The first-order valence-electron chi connectivity index (χ1n) is 3.30. The van der Waals surface area contributed by atoms with E-state index in [-0.39, 0.29) is 13.2 Å². The second-order valence-electron chi connectivity index (χ2n) is 1.16. The second-order valence-corrected chi connectivity index (χ2v) is 1.16. The lowest BCUT2D eigenvalue weighted by molar-refractivity contribution is 0.317. The third kappa shape index (κ3) is 158. The minimum Gasteiger partial charge on any atom is -0.411 e. The average molecular weight is 180 g/mol. The van der Waals surface area contributed by atoms with Crippen LogP contribution in [0.4, 0.5) is 0 Å². The van der Waals surface area contributed by atoms with Crippen molar-refractivity contribution in [2.75, 3.05) is 13.2 Å². The van der Waals surface area contributed by atoms with Crippen molar-refractivity contribution in [2.45, 2.75) is 13.8 Å². The minimum atomic E-state index is 0.250. The molecule has 74 valence electrons. The van der Waals surface area contributed by atoms with Crippen LogP contribution < -0.4 is 0 Å². The van der Waals surface area contributed by atoms with Crippen LogP contribution in [0, 0.1) is 0 Å². The molecule has 0 aromatic heterocycles. The highest BCUT2D eigenvalue weighted by Gasteiger charge is 1.54. The molecule has 0 saturated heterocycles. The van der Waals surface area contributed by atoms with Crippen LogP contribution in [-0.2, 0) is 0 Å². The molecule has 0 amide bonds. The molecular formula is C6H16N2O4. The fraction of sp³-hybridized carbons (Fsp3) is 0.667. The Balaban J connectivity index is -0.000000115. The molecule has 0 aromatic carbocycles. The van der Waals surface area contributed by atoms with Gasteiger partial charge in [-0.3, -0.25) is 0 Å². The first-order valence-corrected chi connectivity index (χ1v) is 3.30. The van der Waals surface area contributed by atoms with Crippen LogP contribution in [0.3, 0.4) is 0 Å². The number of hydrogen-bond acceptors (Lipinski definition) is 6. The Hall–Kier alpha value is -1.14. The summed E-state index contributed by atoms with van der Waals surface area (Å²) in [6, 6.07) is 0. The predicted octanol–water partition coefficient (Wildman–Crippen LogP) is -0.0964. The summed E-state index contributed by atoms with van der Waals surface area (Å²) in [7, 11) is 0. The van der Waals surface area contributed by atoms with E-state index in [2.05, 4.69) is 10.3 Å². The van der Waals surface area contributed by atoms with E-state index < -0.39 is 0 Å². The summed E-state index contributed by atoms with van der Waals surface area (Å²) in [5, 5.41) is 35.2. The highest BCUT2D eigenvalue weighted by atomic mass is 16.4. The van der Waals surface area contributed by atoms with Crippen LogP contribution in [0.5, 0.6) is 0 Å². The van der Waals surface area contributed by atoms with Crippen molar-refractivity contribution in [3.8, 4) is 0 Å². The van der Waals surface area contributed by atoms with Gasteiger partial charge in [-0.25, -0.2) is 0 Å². The molecule has 6 nitrogen and oxygen atoms in total. The summed E-state index contributed by atoms with van der Waals surface area (Å²) in [5.41, 5.74) is 0. The maximum Gasteiger partial charge on any atom is 0.0877 e. The Morgan fingerprint density at radius 2 is 1.08 bits per heavy atom. The predicted molar refractivity (Wildman–Crippen MR) is 46.1 cm³/mol. The molecule has 0 aliphatic heterocycles. The molecule has 0 atom stereocenters. The van der Waals surface area contributed by atoms with Gasteiger partial charge in [-0.05, 0) is 13.8 Å². The largest absolute Gasteiger partial charge is 0.411 e. The van der Waals surface area contributed by atoms with Gasteiger partial charge in [-0.1, -0.05) is 10.3 Å². The van der Waals surface area contributed by atoms with E-state index in [1.54, 1.807) is 13.8 Å². The van der Waals surface area contributed by atoms with E-state index in [9.17, 15) is 0 Å².